The van der Waals surface area contributed by atoms with Crippen molar-refractivity contribution in [2.75, 3.05) is 11.9 Å². The first kappa shape index (κ1) is 12.2. The van der Waals surface area contributed by atoms with Crippen LogP contribution in [0.5, 0.6) is 0 Å². The third-order valence-electron chi connectivity index (χ3n) is 1.98. The number of allylic oxidation sites excluding steroid dienone is 4. The summed E-state index contributed by atoms with van der Waals surface area (Å²) in [5, 5.41) is 3.23. The summed E-state index contributed by atoms with van der Waals surface area (Å²) in [6.45, 7) is 8.40. The van der Waals surface area contributed by atoms with Gasteiger partial charge in [-0.25, -0.2) is 9.97 Å². The van der Waals surface area contributed by atoms with E-state index in [0.717, 1.165) is 18.1 Å². The molecule has 0 saturated carbocycles. The molecule has 0 atom stereocenters. The van der Waals surface area contributed by atoms with Crippen LogP contribution in [0.2, 0.25) is 0 Å². The van der Waals surface area contributed by atoms with E-state index in [4.69, 9.17) is 0 Å². The van der Waals surface area contributed by atoms with Gasteiger partial charge in [-0.2, -0.15) is 0 Å². The fourth-order valence-electron chi connectivity index (χ4n) is 1.14. The Morgan fingerprint density at radius 3 is 2.94 bits per heavy atom. The number of rotatable bonds is 5. The summed E-state index contributed by atoms with van der Waals surface area (Å²) < 4.78 is 0. The van der Waals surface area contributed by atoms with E-state index in [1.807, 2.05) is 31.2 Å². The summed E-state index contributed by atoms with van der Waals surface area (Å²) in [5.74, 6) is 0.855. The summed E-state index contributed by atoms with van der Waals surface area (Å²) in [6, 6.07) is 1.92. The van der Waals surface area contributed by atoms with E-state index in [1.165, 1.54) is 5.57 Å². The monoisotopic (exact) mass is 215 g/mol. The Morgan fingerprint density at radius 2 is 2.25 bits per heavy atom. The third kappa shape index (κ3) is 4.55. The van der Waals surface area contributed by atoms with Crippen molar-refractivity contribution in [3.63, 3.8) is 0 Å². The Balaban J connectivity index is 2.48. The van der Waals surface area contributed by atoms with Crippen LogP contribution in [0, 0.1) is 6.92 Å². The van der Waals surface area contributed by atoms with Gasteiger partial charge in [-0.05, 0) is 13.8 Å². The molecule has 3 nitrogen and oxygen atoms in total. The number of hydrogen-bond acceptors (Lipinski definition) is 3. The second kappa shape index (κ2) is 6.56. The van der Waals surface area contributed by atoms with Gasteiger partial charge in [-0.1, -0.05) is 36.5 Å². The molecule has 84 valence electrons. The minimum Gasteiger partial charge on any atom is -0.366 e. The molecule has 1 rings (SSSR count). The summed E-state index contributed by atoms with van der Waals surface area (Å²) in [5.41, 5.74) is 2.19. The molecule has 1 aromatic heterocycles. The van der Waals surface area contributed by atoms with E-state index >= 15 is 0 Å². The number of hydrogen-bond donors (Lipinski definition) is 1. The Hall–Kier alpha value is -1.90. The third-order valence-corrected chi connectivity index (χ3v) is 1.98. The van der Waals surface area contributed by atoms with Crippen molar-refractivity contribution in [3.05, 3.63) is 54.5 Å². The molecule has 0 aromatic carbocycles. The topological polar surface area (TPSA) is 37.8 Å². The van der Waals surface area contributed by atoms with Gasteiger partial charge in [0, 0.05) is 18.3 Å². The van der Waals surface area contributed by atoms with Gasteiger partial charge in [0.25, 0.3) is 0 Å². The zero-order chi connectivity index (χ0) is 11.8. The maximum atomic E-state index is 4.12. The van der Waals surface area contributed by atoms with Gasteiger partial charge in [0.05, 0.1) is 0 Å². The zero-order valence-electron chi connectivity index (χ0n) is 9.77. The quantitative estimate of drug-likeness (QED) is 0.767. The first-order valence-electron chi connectivity index (χ1n) is 5.19. The lowest BCUT2D eigenvalue weighted by molar-refractivity contribution is 1.07. The number of anilines is 1. The molecular formula is C13H17N3. The van der Waals surface area contributed by atoms with Crippen molar-refractivity contribution in [2.45, 2.75) is 13.8 Å². The largest absolute Gasteiger partial charge is 0.366 e. The standard InChI is InChI=1S/C13H17N3/c1-4-5-6-7-11(2)9-14-13-8-12(3)15-10-16-13/h4-8,10H,1,9H2,2-3H3,(H,14,15,16)/b6-5-,11-7+. The van der Waals surface area contributed by atoms with E-state index in [-0.39, 0.29) is 0 Å². The van der Waals surface area contributed by atoms with Gasteiger partial charge in [-0.15, -0.1) is 0 Å². The first-order valence-corrected chi connectivity index (χ1v) is 5.19. The number of nitrogens with one attached hydrogen (secondary N) is 1. The lowest BCUT2D eigenvalue weighted by Gasteiger charge is -2.05. The highest BCUT2D eigenvalue weighted by Gasteiger charge is 1.94. The van der Waals surface area contributed by atoms with E-state index < -0.39 is 0 Å². The summed E-state index contributed by atoms with van der Waals surface area (Å²) >= 11 is 0. The van der Waals surface area contributed by atoms with Crippen molar-refractivity contribution in [3.8, 4) is 0 Å². The number of aromatic nitrogens is 2. The molecule has 0 bridgehead atoms. The van der Waals surface area contributed by atoms with E-state index in [9.17, 15) is 0 Å². The molecule has 0 fully saturated rings. The Bertz CT molecular complexity index is 405. The minimum absolute atomic E-state index is 0.776. The van der Waals surface area contributed by atoms with Crippen molar-refractivity contribution >= 4 is 5.82 Å². The molecule has 1 heterocycles. The van der Waals surface area contributed by atoms with Gasteiger partial charge in [0.1, 0.15) is 12.1 Å². The molecule has 1 N–H and O–H groups in total. The van der Waals surface area contributed by atoms with Crippen molar-refractivity contribution < 1.29 is 0 Å². The molecule has 0 aliphatic heterocycles. The molecule has 3 heteroatoms. The predicted octanol–water partition coefficient (Wildman–Crippen LogP) is 2.89. The van der Waals surface area contributed by atoms with E-state index in [1.54, 1.807) is 12.4 Å². The Morgan fingerprint density at radius 1 is 1.44 bits per heavy atom. The maximum Gasteiger partial charge on any atom is 0.129 e. The van der Waals surface area contributed by atoms with Crippen LogP contribution < -0.4 is 5.32 Å². The molecule has 0 spiro atoms. The fourth-order valence-corrected chi connectivity index (χ4v) is 1.14. The zero-order valence-corrected chi connectivity index (χ0v) is 9.77. The van der Waals surface area contributed by atoms with Crippen LogP contribution in [0.4, 0.5) is 5.82 Å². The van der Waals surface area contributed by atoms with E-state index in [2.05, 4.69) is 28.8 Å². The second-order valence-corrected chi connectivity index (χ2v) is 3.53. The number of aryl methyl sites for hydroxylation is 1. The van der Waals surface area contributed by atoms with Crippen molar-refractivity contribution in [1.29, 1.82) is 0 Å². The van der Waals surface area contributed by atoms with Crippen LogP contribution in [-0.2, 0) is 0 Å². The van der Waals surface area contributed by atoms with Gasteiger partial charge in [0.15, 0.2) is 0 Å². The summed E-state index contributed by atoms with van der Waals surface area (Å²) in [4.78, 5) is 8.16. The van der Waals surface area contributed by atoms with Crippen LogP contribution in [0.25, 0.3) is 0 Å². The highest BCUT2D eigenvalue weighted by molar-refractivity contribution is 5.36. The van der Waals surface area contributed by atoms with Crippen LogP contribution in [0.1, 0.15) is 12.6 Å². The van der Waals surface area contributed by atoms with Crippen LogP contribution >= 0.6 is 0 Å². The van der Waals surface area contributed by atoms with Crippen LogP contribution in [0.3, 0.4) is 0 Å². The highest BCUT2D eigenvalue weighted by atomic mass is 15.0. The van der Waals surface area contributed by atoms with Crippen molar-refractivity contribution in [1.82, 2.24) is 9.97 Å². The van der Waals surface area contributed by atoms with Gasteiger partial charge >= 0.3 is 0 Å². The predicted molar refractivity (Wildman–Crippen MR) is 68.4 cm³/mol. The smallest absolute Gasteiger partial charge is 0.129 e. The van der Waals surface area contributed by atoms with Gasteiger partial charge in [0.2, 0.25) is 0 Å². The number of nitrogens with zero attached hydrogens (tertiary/aromatic N) is 2. The summed E-state index contributed by atoms with van der Waals surface area (Å²) in [7, 11) is 0. The van der Waals surface area contributed by atoms with Crippen LogP contribution in [0.15, 0.2) is 48.8 Å². The van der Waals surface area contributed by atoms with Crippen LogP contribution in [-0.4, -0.2) is 16.5 Å². The second-order valence-electron chi connectivity index (χ2n) is 3.53. The van der Waals surface area contributed by atoms with Gasteiger partial charge < -0.3 is 5.32 Å². The average molecular weight is 215 g/mol. The highest BCUT2D eigenvalue weighted by Crippen LogP contribution is 2.03. The lowest BCUT2D eigenvalue weighted by atomic mass is 10.2. The molecule has 0 amide bonds. The molecular weight excluding hydrogens is 198 g/mol. The summed E-state index contributed by atoms with van der Waals surface area (Å²) in [6.07, 6.45) is 9.23. The molecule has 0 aliphatic rings. The van der Waals surface area contributed by atoms with Crippen molar-refractivity contribution in [2.24, 2.45) is 0 Å². The minimum atomic E-state index is 0.776. The maximum absolute atomic E-state index is 4.12. The molecule has 0 saturated heterocycles. The molecule has 16 heavy (non-hydrogen) atoms. The first-order chi connectivity index (χ1) is 7.72. The molecule has 0 radical (unpaired) electrons. The fraction of sp³-hybridized carbons (Fsp3) is 0.231. The lowest BCUT2D eigenvalue weighted by Crippen LogP contribution is -2.04. The molecule has 1 aromatic rings. The SMILES string of the molecule is C=C/C=C\C=C(/C)CNc1cc(C)ncn1. The Kier molecular flexibility index (Phi) is 4.99. The molecule has 0 unspecified atom stereocenters. The Labute approximate surface area is 96.6 Å². The average Bonchev–Trinajstić information content (AvgIpc) is 2.27. The molecule has 0 aliphatic carbocycles. The van der Waals surface area contributed by atoms with Gasteiger partial charge in [-0.3, -0.25) is 0 Å². The van der Waals surface area contributed by atoms with E-state index in [0.29, 0.717) is 0 Å². The normalized spacial score (nSPS) is 11.8.